The molecule has 0 bridgehead atoms. The van der Waals surface area contributed by atoms with Crippen molar-refractivity contribution >= 4 is 15.6 Å². The van der Waals surface area contributed by atoms with Crippen molar-refractivity contribution in [2.45, 2.75) is 5.28 Å². The van der Waals surface area contributed by atoms with Gasteiger partial charge in [0.2, 0.25) is 0 Å². The Morgan fingerprint density at radius 3 is 2.60 bits per heavy atom. The van der Waals surface area contributed by atoms with E-state index in [0.29, 0.717) is 0 Å². The summed E-state index contributed by atoms with van der Waals surface area (Å²) in [4.78, 5) is 0. The molecule has 1 N–H and O–H groups in total. The molecule has 0 saturated heterocycles. The second kappa shape index (κ2) is 4.23. The molecule has 0 atom stereocenters. The first-order chi connectivity index (χ1) is 2.41. The van der Waals surface area contributed by atoms with Gasteiger partial charge in [0.25, 0.3) is 0 Å². The number of allylic oxidation sites excluding steroid dienone is 1. The molecule has 0 aliphatic carbocycles. The van der Waals surface area contributed by atoms with E-state index in [2.05, 4.69) is 6.58 Å². The Balaban J connectivity index is 2.40. The van der Waals surface area contributed by atoms with Gasteiger partial charge in [-0.15, -0.1) is 12.7 Å². The summed E-state index contributed by atoms with van der Waals surface area (Å²) in [6.07, 6.45) is 1.74. The molecule has 0 aromatic rings. The Labute approximate surface area is 38.4 Å². The first-order valence-electron chi connectivity index (χ1n) is 1.63. The third-order valence-corrected chi connectivity index (χ3v) is 1.000. The van der Waals surface area contributed by atoms with Crippen LogP contribution in [0, 0.1) is 0 Å². The average Bonchev–Trinajstić information content (AvgIpc) is 1.41. The molecule has 2 heteroatoms. The van der Waals surface area contributed by atoms with Crippen LogP contribution in [0.2, 0.25) is 5.28 Å². The highest BCUT2D eigenvalue weighted by molar-refractivity contribution is 6.25. The molecule has 1 nitrogen and oxygen atoms in total. The lowest BCUT2D eigenvalue weighted by Gasteiger charge is -1.67. The first kappa shape index (κ1) is 5.23. The van der Waals surface area contributed by atoms with Crippen LogP contribution in [0.15, 0.2) is 12.7 Å². The summed E-state index contributed by atoms with van der Waals surface area (Å²) in [6.45, 7) is 3.43. The molecule has 0 amide bonds. The van der Waals surface area contributed by atoms with Crippen molar-refractivity contribution in [1.29, 1.82) is 0 Å². The number of hydrogen-bond donors (Lipinski definition) is 1. The van der Waals surface area contributed by atoms with Gasteiger partial charge in [0.05, 0.1) is 0 Å². The van der Waals surface area contributed by atoms with Crippen LogP contribution in [0.5, 0.6) is 0 Å². The van der Waals surface area contributed by atoms with E-state index in [1.807, 2.05) is 0 Å². The van der Waals surface area contributed by atoms with Gasteiger partial charge in [0, 0.05) is 0 Å². The Hall–Kier alpha value is 0.232. The Morgan fingerprint density at radius 1 is 2.00 bits per heavy atom. The molecule has 0 rings (SSSR count). The smallest absolute Gasteiger partial charge is 0.437 e. The minimum absolute atomic E-state index is 0.704. The molecular weight excluding hydrogens is 79.0 g/mol. The highest BCUT2D eigenvalue weighted by Gasteiger charge is 1.74. The average molecular weight is 86.1 g/mol. The topological polar surface area (TPSA) is 20.2 Å². The monoisotopic (exact) mass is 86.0 g/mol. The van der Waals surface area contributed by atoms with E-state index in [1.54, 1.807) is 6.08 Å². The van der Waals surface area contributed by atoms with Crippen molar-refractivity contribution in [2.24, 2.45) is 0 Å². The highest BCUT2D eigenvalue weighted by Crippen LogP contribution is 1.69. The van der Waals surface area contributed by atoms with Crippen LogP contribution < -0.4 is 0 Å². The van der Waals surface area contributed by atoms with Crippen LogP contribution in [0.3, 0.4) is 0 Å². The zero-order chi connectivity index (χ0) is 4.12. The minimum Gasteiger partial charge on any atom is -0.518 e. The SMILES string of the molecule is C=C[CH2][AlH][OH]. The molecule has 0 saturated carbocycles. The maximum Gasteiger partial charge on any atom is 0.437 e. The maximum absolute atomic E-state index is 8.13. The van der Waals surface area contributed by atoms with Crippen LogP contribution in [0.1, 0.15) is 0 Å². The van der Waals surface area contributed by atoms with Gasteiger partial charge >= 0.3 is 15.6 Å². The molecule has 0 heterocycles. The molecular formula is C3H7AlO. The van der Waals surface area contributed by atoms with E-state index in [0.717, 1.165) is 5.28 Å². The molecule has 5 heavy (non-hydrogen) atoms. The molecule has 0 aromatic heterocycles. The highest BCUT2D eigenvalue weighted by atomic mass is 27.1. The van der Waals surface area contributed by atoms with Gasteiger partial charge in [-0.1, -0.05) is 5.28 Å². The van der Waals surface area contributed by atoms with Crippen LogP contribution >= 0.6 is 0 Å². The van der Waals surface area contributed by atoms with Gasteiger partial charge < -0.3 is 4.16 Å². The van der Waals surface area contributed by atoms with E-state index in [9.17, 15) is 0 Å². The fourth-order valence-electron chi connectivity index (χ4n) is 0.0913. The van der Waals surface area contributed by atoms with E-state index >= 15 is 0 Å². The van der Waals surface area contributed by atoms with Gasteiger partial charge in [-0.3, -0.25) is 0 Å². The third-order valence-electron chi connectivity index (χ3n) is 0.333. The summed E-state index contributed by atoms with van der Waals surface area (Å²) < 4.78 is 8.13. The summed E-state index contributed by atoms with van der Waals surface area (Å²) in [7, 11) is 0. The second-order valence-corrected chi connectivity index (χ2v) is 1.83. The summed E-state index contributed by atoms with van der Waals surface area (Å²) in [6, 6.07) is 0. The number of hydrogen-bond acceptors (Lipinski definition) is 1. The van der Waals surface area contributed by atoms with E-state index < -0.39 is 15.6 Å². The second-order valence-electron chi connectivity index (χ2n) is 0.801. The van der Waals surface area contributed by atoms with Crippen LogP contribution in [-0.4, -0.2) is 19.7 Å². The van der Waals surface area contributed by atoms with E-state index in [4.69, 9.17) is 4.16 Å². The summed E-state index contributed by atoms with van der Waals surface area (Å²) in [5.41, 5.74) is 0. The number of rotatable bonds is 2. The summed E-state index contributed by atoms with van der Waals surface area (Å²) in [5.74, 6) is 0. The van der Waals surface area contributed by atoms with Crippen molar-refractivity contribution in [3.63, 3.8) is 0 Å². The summed E-state index contributed by atoms with van der Waals surface area (Å²) in [5, 5.41) is 0.847. The van der Waals surface area contributed by atoms with Gasteiger partial charge in [0.1, 0.15) is 0 Å². The van der Waals surface area contributed by atoms with Crippen LogP contribution in [0.4, 0.5) is 0 Å². The molecule has 0 fully saturated rings. The van der Waals surface area contributed by atoms with E-state index in [1.165, 1.54) is 0 Å². The lowest BCUT2D eigenvalue weighted by atomic mass is 10.8. The minimum atomic E-state index is -0.704. The fourth-order valence-corrected chi connectivity index (χ4v) is 0.274. The molecule has 28 valence electrons. The zero-order valence-corrected chi connectivity index (χ0v) is 4.56. The molecule has 0 unspecified atom stereocenters. The van der Waals surface area contributed by atoms with Crippen molar-refractivity contribution in [3.8, 4) is 0 Å². The first-order valence-corrected chi connectivity index (χ1v) is 3.27. The van der Waals surface area contributed by atoms with Crippen molar-refractivity contribution < 1.29 is 4.16 Å². The van der Waals surface area contributed by atoms with Gasteiger partial charge in [-0.25, -0.2) is 0 Å². The van der Waals surface area contributed by atoms with Gasteiger partial charge in [-0.05, 0) is 0 Å². The van der Waals surface area contributed by atoms with Crippen molar-refractivity contribution in [3.05, 3.63) is 12.7 Å². The van der Waals surface area contributed by atoms with Crippen molar-refractivity contribution in [2.75, 3.05) is 0 Å². The Bertz CT molecular complexity index is 28.1. The Kier molecular flexibility index (Phi) is 4.43. The quantitative estimate of drug-likeness (QED) is 0.368. The molecule has 0 spiro atoms. The summed E-state index contributed by atoms with van der Waals surface area (Å²) >= 11 is -0.704. The lowest BCUT2D eigenvalue weighted by Crippen LogP contribution is -1.77. The molecule has 0 aromatic carbocycles. The molecule has 0 aliphatic heterocycles. The predicted octanol–water partition coefficient (Wildman–Crippen LogP) is -0.0655. The van der Waals surface area contributed by atoms with Crippen molar-refractivity contribution in [1.82, 2.24) is 0 Å². The zero-order valence-electron chi connectivity index (χ0n) is 3.15. The Morgan fingerprint density at radius 2 is 2.60 bits per heavy atom. The maximum atomic E-state index is 8.13. The normalized spacial score (nSPS) is 6.60. The predicted molar refractivity (Wildman–Crippen MR) is 24.4 cm³/mol. The van der Waals surface area contributed by atoms with Gasteiger partial charge in [-0.2, -0.15) is 0 Å². The van der Waals surface area contributed by atoms with Crippen LogP contribution in [-0.2, 0) is 0 Å². The van der Waals surface area contributed by atoms with Gasteiger partial charge in [0.15, 0.2) is 0 Å². The standard InChI is InChI=1S/C3H5.Al.H2O.H/c1-3-2;;;/h3H,1-2H2;;1H2;/q;+1;;/p-1. The lowest BCUT2D eigenvalue weighted by molar-refractivity contribution is 0.605. The molecule has 0 aliphatic rings. The third kappa shape index (κ3) is 4.23. The van der Waals surface area contributed by atoms with E-state index in [-0.39, 0.29) is 0 Å². The molecule has 0 radical (unpaired) electrons. The van der Waals surface area contributed by atoms with Crippen LogP contribution in [0.25, 0.3) is 0 Å². The largest absolute Gasteiger partial charge is 0.518 e. The fraction of sp³-hybridized carbons (Fsp3) is 0.333.